The van der Waals surface area contributed by atoms with E-state index >= 15 is 0 Å². The summed E-state index contributed by atoms with van der Waals surface area (Å²) in [6.07, 6.45) is 0.213. The molecule has 0 radical (unpaired) electrons. The van der Waals surface area contributed by atoms with Crippen LogP contribution in [0.4, 0.5) is 0 Å². The lowest BCUT2D eigenvalue weighted by molar-refractivity contribution is -0.178. The maximum Gasteiger partial charge on any atom is 0.311 e. The molecule has 2 atom stereocenters. The summed E-state index contributed by atoms with van der Waals surface area (Å²) >= 11 is 0. The minimum atomic E-state index is -0.786. The van der Waals surface area contributed by atoms with Gasteiger partial charge in [-0.2, -0.15) is 0 Å². The van der Waals surface area contributed by atoms with E-state index in [4.69, 9.17) is 14.2 Å². The van der Waals surface area contributed by atoms with E-state index in [1.807, 2.05) is 6.92 Å². The summed E-state index contributed by atoms with van der Waals surface area (Å²) in [5.74, 6) is -1.06. The predicted octanol–water partition coefficient (Wildman–Crippen LogP) is 1.09. The van der Waals surface area contributed by atoms with Crippen molar-refractivity contribution in [3.05, 3.63) is 0 Å². The Morgan fingerprint density at radius 3 is 2.85 bits per heavy atom. The van der Waals surface area contributed by atoms with Gasteiger partial charge in [0.2, 0.25) is 0 Å². The van der Waals surface area contributed by atoms with Gasteiger partial charge >= 0.3 is 5.97 Å². The third-order valence-corrected chi connectivity index (χ3v) is 1.84. The van der Waals surface area contributed by atoms with Gasteiger partial charge in [-0.15, -0.1) is 0 Å². The second-order valence-electron chi connectivity index (χ2n) is 3.36. The van der Waals surface area contributed by atoms with Crippen LogP contribution in [0.15, 0.2) is 0 Å². The quantitative estimate of drug-likeness (QED) is 0.622. The lowest BCUT2D eigenvalue weighted by Gasteiger charge is -2.21. The molecular weight excluding hydrogens is 172 g/mol. The second kappa shape index (κ2) is 4.07. The topological polar surface area (TPSA) is 44.8 Å². The Kier molecular flexibility index (Phi) is 3.27. The standard InChI is InChI=1S/C9H16O4/c1-4-11-8(10)5-9(3)12-6-7(2)13-9/h7H,4-6H2,1-3H3/t7-,9-/m1/s1. The van der Waals surface area contributed by atoms with Crippen molar-refractivity contribution in [1.29, 1.82) is 0 Å². The van der Waals surface area contributed by atoms with Crippen LogP contribution in [-0.4, -0.2) is 31.1 Å². The van der Waals surface area contributed by atoms with Gasteiger partial charge in [-0.1, -0.05) is 0 Å². The maximum absolute atomic E-state index is 11.1. The number of carbonyl (C=O) groups is 1. The van der Waals surface area contributed by atoms with Crippen molar-refractivity contribution in [2.24, 2.45) is 0 Å². The van der Waals surface area contributed by atoms with Crippen molar-refractivity contribution in [3.8, 4) is 0 Å². The fourth-order valence-corrected chi connectivity index (χ4v) is 1.35. The third-order valence-electron chi connectivity index (χ3n) is 1.84. The Morgan fingerprint density at radius 2 is 2.38 bits per heavy atom. The first-order valence-electron chi connectivity index (χ1n) is 4.53. The highest BCUT2D eigenvalue weighted by atomic mass is 16.7. The predicted molar refractivity (Wildman–Crippen MR) is 46.2 cm³/mol. The normalized spacial score (nSPS) is 33.3. The third kappa shape index (κ3) is 2.97. The molecule has 1 rings (SSSR count). The van der Waals surface area contributed by atoms with Gasteiger partial charge in [0.05, 0.1) is 25.7 Å². The van der Waals surface area contributed by atoms with Gasteiger partial charge in [0.1, 0.15) is 0 Å². The molecule has 0 aromatic heterocycles. The number of rotatable bonds is 3. The zero-order valence-corrected chi connectivity index (χ0v) is 8.33. The van der Waals surface area contributed by atoms with Crippen molar-refractivity contribution < 1.29 is 19.0 Å². The highest BCUT2D eigenvalue weighted by Crippen LogP contribution is 2.26. The van der Waals surface area contributed by atoms with Gasteiger partial charge < -0.3 is 14.2 Å². The molecule has 4 heteroatoms. The zero-order valence-electron chi connectivity index (χ0n) is 8.33. The van der Waals surface area contributed by atoms with Crippen molar-refractivity contribution in [2.75, 3.05) is 13.2 Å². The van der Waals surface area contributed by atoms with Gasteiger partial charge in [0, 0.05) is 0 Å². The molecule has 0 aromatic carbocycles. The molecule has 1 heterocycles. The summed E-state index contributed by atoms with van der Waals surface area (Å²) in [5, 5.41) is 0. The number of hydrogen-bond acceptors (Lipinski definition) is 4. The molecule has 13 heavy (non-hydrogen) atoms. The van der Waals surface area contributed by atoms with Crippen LogP contribution in [0.1, 0.15) is 27.2 Å². The monoisotopic (exact) mass is 188 g/mol. The lowest BCUT2D eigenvalue weighted by atomic mass is 10.2. The first-order valence-corrected chi connectivity index (χ1v) is 4.53. The lowest BCUT2D eigenvalue weighted by Crippen LogP contribution is -2.30. The molecule has 1 aliphatic heterocycles. The molecule has 1 saturated heterocycles. The smallest absolute Gasteiger partial charge is 0.311 e. The fraction of sp³-hybridized carbons (Fsp3) is 0.889. The van der Waals surface area contributed by atoms with Gasteiger partial charge in [-0.05, 0) is 20.8 Å². The van der Waals surface area contributed by atoms with E-state index in [1.54, 1.807) is 13.8 Å². The van der Waals surface area contributed by atoms with E-state index in [-0.39, 0.29) is 18.5 Å². The highest BCUT2D eigenvalue weighted by Gasteiger charge is 2.37. The molecule has 0 aliphatic carbocycles. The Hall–Kier alpha value is -0.610. The number of carbonyl (C=O) groups excluding carboxylic acids is 1. The molecular formula is C9H16O4. The van der Waals surface area contributed by atoms with Crippen LogP contribution < -0.4 is 0 Å². The van der Waals surface area contributed by atoms with Crippen LogP contribution in [0.25, 0.3) is 0 Å². The first kappa shape index (κ1) is 10.5. The molecule has 0 N–H and O–H groups in total. The van der Waals surface area contributed by atoms with Crippen molar-refractivity contribution in [2.45, 2.75) is 39.1 Å². The summed E-state index contributed by atoms with van der Waals surface area (Å²) in [4.78, 5) is 11.1. The van der Waals surface area contributed by atoms with Crippen molar-refractivity contribution >= 4 is 5.97 Å². The van der Waals surface area contributed by atoms with Crippen LogP contribution in [0.3, 0.4) is 0 Å². The Bertz CT molecular complexity index is 192. The Labute approximate surface area is 78.2 Å². The zero-order chi connectivity index (χ0) is 9.90. The summed E-state index contributed by atoms with van der Waals surface area (Å²) in [5.41, 5.74) is 0. The minimum Gasteiger partial charge on any atom is -0.466 e. The largest absolute Gasteiger partial charge is 0.466 e. The van der Waals surface area contributed by atoms with E-state index in [9.17, 15) is 4.79 Å². The van der Waals surface area contributed by atoms with Gasteiger partial charge in [-0.3, -0.25) is 4.79 Å². The average molecular weight is 188 g/mol. The molecule has 1 aliphatic rings. The summed E-state index contributed by atoms with van der Waals surface area (Å²) in [6.45, 7) is 6.38. The average Bonchev–Trinajstić information content (AvgIpc) is 2.30. The molecule has 0 aromatic rings. The second-order valence-corrected chi connectivity index (χ2v) is 3.36. The van der Waals surface area contributed by atoms with Crippen LogP contribution in [0.5, 0.6) is 0 Å². The minimum absolute atomic E-state index is 0.0550. The van der Waals surface area contributed by atoms with Crippen LogP contribution in [0.2, 0.25) is 0 Å². The molecule has 4 nitrogen and oxygen atoms in total. The molecule has 0 amide bonds. The molecule has 0 saturated carbocycles. The number of esters is 1. The summed E-state index contributed by atoms with van der Waals surface area (Å²) in [7, 11) is 0. The van der Waals surface area contributed by atoms with E-state index in [0.717, 1.165) is 0 Å². The van der Waals surface area contributed by atoms with Crippen molar-refractivity contribution in [3.63, 3.8) is 0 Å². The fourth-order valence-electron chi connectivity index (χ4n) is 1.35. The number of ether oxygens (including phenoxy) is 3. The summed E-state index contributed by atoms with van der Waals surface area (Å²) < 4.78 is 15.6. The Balaban J connectivity index is 2.39. The van der Waals surface area contributed by atoms with Crippen molar-refractivity contribution in [1.82, 2.24) is 0 Å². The van der Waals surface area contributed by atoms with Crippen LogP contribution in [0, 0.1) is 0 Å². The maximum atomic E-state index is 11.1. The summed E-state index contributed by atoms with van der Waals surface area (Å²) in [6, 6.07) is 0. The molecule has 76 valence electrons. The van der Waals surface area contributed by atoms with E-state index < -0.39 is 5.79 Å². The van der Waals surface area contributed by atoms with Crippen LogP contribution >= 0.6 is 0 Å². The Morgan fingerprint density at radius 1 is 1.69 bits per heavy atom. The van der Waals surface area contributed by atoms with Crippen LogP contribution in [-0.2, 0) is 19.0 Å². The van der Waals surface area contributed by atoms with E-state index in [1.165, 1.54) is 0 Å². The molecule has 0 bridgehead atoms. The molecule has 0 spiro atoms. The van der Waals surface area contributed by atoms with Gasteiger partial charge in [0.25, 0.3) is 0 Å². The highest BCUT2D eigenvalue weighted by molar-refractivity contribution is 5.70. The van der Waals surface area contributed by atoms with Gasteiger partial charge in [0.15, 0.2) is 5.79 Å². The molecule has 1 fully saturated rings. The number of hydrogen-bond donors (Lipinski definition) is 0. The first-order chi connectivity index (χ1) is 6.06. The van der Waals surface area contributed by atoms with Gasteiger partial charge in [-0.25, -0.2) is 0 Å². The molecule has 0 unspecified atom stereocenters. The SMILES string of the molecule is CCOC(=O)C[C@]1(C)OC[C@@H](C)O1. The van der Waals surface area contributed by atoms with E-state index in [2.05, 4.69) is 0 Å². The van der Waals surface area contributed by atoms with E-state index in [0.29, 0.717) is 13.2 Å².